The van der Waals surface area contributed by atoms with Crippen molar-refractivity contribution in [2.45, 2.75) is 37.6 Å². The van der Waals surface area contributed by atoms with E-state index in [0.717, 1.165) is 11.8 Å². The Morgan fingerprint density at radius 2 is 2.12 bits per heavy atom. The fraction of sp³-hybridized carbons (Fsp3) is 0.412. The molecule has 134 valence electrons. The molecular formula is C17H18F3N3O2. The molecule has 2 heterocycles. The molecule has 1 aliphatic heterocycles. The van der Waals surface area contributed by atoms with Gasteiger partial charge in [-0.15, -0.1) is 0 Å². The van der Waals surface area contributed by atoms with Gasteiger partial charge in [-0.05, 0) is 24.5 Å². The predicted molar refractivity (Wildman–Crippen MR) is 83.4 cm³/mol. The maximum absolute atomic E-state index is 13.3. The van der Waals surface area contributed by atoms with Crippen LogP contribution in [-0.2, 0) is 17.4 Å². The Hall–Kier alpha value is -2.35. The molecule has 1 fully saturated rings. The van der Waals surface area contributed by atoms with Gasteiger partial charge in [-0.2, -0.15) is 13.2 Å². The first-order chi connectivity index (χ1) is 11.9. The number of nitrogens with one attached hydrogen (secondary N) is 1. The van der Waals surface area contributed by atoms with Gasteiger partial charge in [0.05, 0.1) is 24.0 Å². The number of alkyl halides is 3. The minimum absolute atomic E-state index is 0.0291. The number of aliphatic hydroxyl groups is 1. The molecule has 0 saturated carbocycles. The number of hydrogen-bond acceptors (Lipinski definition) is 3. The number of aromatic amines is 1. The molecule has 1 amide bonds. The molecule has 0 radical (unpaired) electrons. The number of carbonyl (C=O) groups is 1. The third-order valence-corrected chi connectivity index (χ3v) is 4.39. The van der Waals surface area contributed by atoms with Crippen LogP contribution in [0.3, 0.4) is 0 Å². The van der Waals surface area contributed by atoms with Crippen LogP contribution in [-0.4, -0.2) is 38.5 Å². The number of nitrogens with zero attached hydrogens (tertiary/aromatic N) is 2. The molecule has 2 aromatic rings. The Morgan fingerprint density at radius 3 is 2.80 bits per heavy atom. The van der Waals surface area contributed by atoms with Gasteiger partial charge in [-0.25, -0.2) is 4.98 Å². The summed E-state index contributed by atoms with van der Waals surface area (Å²) in [5, 5.41) is 9.93. The van der Waals surface area contributed by atoms with Crippen molar-refractivity contribution in [3.05, 3.63) is 53.6 Å². The van der Waals surface area contributed by atoms with Crippen molar-refractivity contribution in [1.29, 1.82) is 0 Å². The molecule has 1 aliphatic rings. The lowest BCUT2D eigenvalue weighted by atomic mass is 9.97. The zero-order chi connectivity index (χ0) is 18.0. The summed E-state index contributed by atoms with van der Waals surface area (Å²) in [5.74, 6) is -0.284. The predicted octanol–water partition coefficient (Wildman–Crippen LogP) is 2.70. The van der Waals surface area contributed by atoms with E-state index in [1.54, 1.807) is 6.20 Å². The summed E-state index contributed by atoms with van der Waals surface area (Å²) in [4.78, 5) is 20.6. The largest absolute Gasteiger partial charge is 0.416 e. The maximum atomic E-state index is 13.3. The number of β-amino-alcohol motifs (C(OH)–C–C–N with tert-alkyl or cyclic N) is 1. The standard InChI is InChI=1S/C17H18F3N3O2/c18-17(19,20)14-4-2-1-3-13(14)15-7-12(24)9-23(15)16(25)6-5-11-8-21-10-22-11/h1-4,8,10,12,15,24H,5-7,9H2,(H,21,22)/t12-,15-/m1/s1. The number of aromatic nitrogens is 2. The summed E-state index contributed by atoms with van der Waals surface area (Å²) in [6.45, 7) is 0.0403. The van der Waals surface area contributed by atoms with Crippen LogP contribution in [0.4, 0.5) is 13.2 Å². The number of hydrogen-bond donors (Lipinski definition) is 2. The molecule has 2 N–H and O–H groups in total. The molecule has 0 aliphatic carbocycles. The van der Waals surface area contributed by atoms with Crippen LogP contribution < -0.4 is 0 Å². The number of H-pyrrole nitrogens is 1. The number of aryl methyl sites for hydroxylation is 1. The van der Waals surface area contributed by atoms with Gasteiger partial charge in [0.2, 0.25) is 5.91 Å². The first kappa shape index (κ1) is 17.5. The first-order valence-corrected chi connectivity index (χ1v) is 7.97. The molecule has 1 aromatic carbocycles. The van der Waals surface area contributed by atoms with E-state index in [0.29, 0.717) is 6.42 Å². The zero-order valence-corrected chi connectivity index (χ0v) is 13.3. The second-order valence-corrected chi connectivity index (χ2v) is 6.11. The van der Waals surface area contributed by atoms with Gasteiger partial charge in [0.1, 0.15) is 0 Å². The highest BCUT2D eigenvalue weighted by molar-refractivity contribution is 5.77. The van der Waals surface area contributed by atoms with Crippen molar-refractivity contribution in [1.82, 2.24) is 14.9 Å². The summed E-state index contributed by atoms with van der Waals surface area (Å²) in [7, 11) is 0. The van der Waals surface area contributed by atoms with E-state index in [1.807, 2.05) is 0 Å². The minimum atomic E-state index is -4.51. The number of halogens is 3. The molecule has 5 nitrogen and oxygen atoms in total. The van der Waals surface area contributed by atoms with Crippen molar-refractivity contribution in [2.24, 2.45) is 0 Å². The Labute approximate surface area is 142 Å². The van der Waals surface area contributed by atoms with Crippen LogP contribution in [0.25, 0.3) is 0 Å². The molecule has 0 spiro atoms. The normalized spacial score (nSPS) is 20.9. The van der Waals surface area contributed by atoms with Crippen LogP contribution in [0.5, 0.6) is 0 Å². The topological polar surface area (TPSA) is 69.2 Å². The molecule has 0 unspecified atom stereocenters. The Kier molecular flexibility index (Phi) is 4.80. The summed E-state index contributed by atoms with van der Waals surface area (Å²) >= 11 is 0. The molecule has 8 heteroatoms. The monoisotopic (exact) mass is 353 g/mol. The van der Waals surface area contributed by atoms with Crippen LogP contribution >= 0.6 is 0 Å². The van der Waals surface area contributed by atoms with Gasteiger partial charge in [-0.3, -0.25) is 4.79 Å². The SMILES string of the molecule is O=C(CCc1cnc[nH]1)N1C[C@H](O)C[C@@H]1c1ccccc1C(F)(F)F. The summed E-state index contributed by atoms with van der Waals surface area (Å²) in [5.41, 5.74) is 0.0437. The summed E-state index contributed by atoms with van der Waals surface area (Å²) in [6.07, 6.45) is -1.58. The van der Waals surface area contributed by atoms with Crippen LogP contribution in [0.2, 0.25) is 0 Å². The average molecular weight is 353 g/mol. The third kappa shape index (κ3) is 3.84. The summed E-state index contributed by atoms with van der Waals surface area (Å²) in [6, 6.07) is 4.45. The van der Waals surface area contributed by atoms with Crippen molar-refractivity contribution >= 4 is 5.91 Å². The third-order valence-electron chi connectivity index (χ3n) is 4.39. The minimum Gasteiger partial charge on any atom is -0.391 e. The average Bonchev–Trinajstić information content (AvgIpc) is 3.21. The Balaban J connectivity index is 1.81. The number of benzene rings is 1. The smallest absolute Gasteiger partial charge is 0.391 e. The number of aliphatic hydroxyl groups excluding tert-OH is 1. The molecule has 0 bridgehead atoms. The molecule has 25 heavy (non-hydrogen) atoms. The van der Waals surface area contributed by atoms with Crippen molar-refractivity contribution in [3.8, 4) is 0 Å². The van der Waals surface area contributed by atoms with Gasteiger partial charge in [0.15, 0.2) is 0 Å². The fourth-order valence-corrected chi connectivity index (χ4v) is 3.24. The number of amides is 1. The number of imidazole rings is 1. The Morgan fingerprint density at radius 1 is 1.36 bits per heavy atom. The molecule has 1 aromatic heterocycles. The fourth-order valence-electron chi connectivity index (χ4n) is 3.24. The Bertz CT molecular complexity index is 731. The molecular weight excluding hydrogens is 335 g/mol. The molecule has 1 saturated heterocycles. The van der Waals surface area contributed by atoms with Gasteiger partial charge >= 0.3 is 6.18 Å². The van der Waals surface area contributed by atoms with E-state index in [-0.39, 0.29) is 30.9 Å². The van der Waals surface area contributed by atoms with E-state index in [9.17, 15) is 23.1 Å². The highest BCUT2D eigenvalue weighted by Gasteiger charge is 2.41. The molecule has 2 atom stereocenters. The van der Waals surface area contributed by atoms with Gasteiger partial charge in [0, 0.05) is 24.9 Å². The van der Waals surface area contributed by atoms with Gasteiger partial charge in [0.25, 0.3) is 0 Å². The van der Waals surface area contributed by atoms with Gasteiger partial charge < -0.3 is 15.0 Å². The lowest BCUT2D eigenvalue weighted by molar-refractivity contribution is -0.140. The van der Waals surface area contributed by atoms with Crippen LogP contribution in [0, 0.1) is 0 Å². The second-order valence-electron chi connectivity index (χ2n) is 6.11. The van der Waals surface area contributed by atoms with Crippen molar-refractivity contribution < 1.29 is 23.1 Å². The van der Waals surface area contributed by atoms with E-state index in [1.165, 1.54) is 29.4 Å². The second kappa shape index (κ2) is 6.87. The number of likely N-dealkylation sites (tertiary alicyclic amines) is 1. The number of carbonyl (C=O) groups excluding carboxylic acids is 1. The van der Waals surface area contributed by atoms with E-state index in [4.69, 9.17) is 0 Å². The van der Waals surface area contributed by atoms with Gasteiger partial charge in [-0.1, -0.05) is 18.2 Å². The lowest BCUT2D eigenvalue weighted by Gasteiger charge is -2.27. The quantitative estimate of drug-likeness (QED) is 0.888. The number of rotatable bonds is 4. The van der Waals surface area contributed by atoms with Crippen molar-refractivity contribution in [3.63, 3.8) is 0 Å². The van der Waals surface area contributed by atoms with Crippen LogP contribution in [0.1, 0.15) is 35.7 Å². The molecule has 3 rings (SSSR count). The first-order valence-electron chi connectivity index (χ1n) is 7.97. The highest BCUT2D eigenvalue weighted by atomic mass is 19.4. The van der Waals surface area contributed by atoms with Crippen molar-refractivity contribution in [2.75, 3.05) is 6.54 Å². The zero-order valence-electron chi connectivity index (χ0n) is 13.3. The highest BCUT2D eigenvalue weighted by Crippen LogP contribution is 2.40. The van der Waals surface area contributed by atoms with E-state index in [2.05, 4.69) is 9.97 Å². The van der Waals surface area contributed by atoms with Crippen LogP contribution in [0.15, 0.2) is 36.8 Å². The van der Waals surface area contributed by atoms with E-state index < -0.39 is 23.9 Å². The van der Waals surface area contributed by atoms with E-state index >= 15 is 0 Å². The summed E-state index contributed by atoms with van der Waals surface area (Å²) < 4.78 is 39.9. The lowest BCUT2D eigenvalue weighted by Crippen LogP contribution is -2.32. The maximum Gasteiger partial charge on any atom is 0.416 e.